The lowest BCUT2D eigenvalue weighted by Gasteiger charge is -2.18. The molecule has 1 N–H and O–H groups in total. The van der Waals surface area contributed by atoms with Crippen LogP contribution in [0.2, 0.25) is 0 Å². The van der Waals surface area contributed by atoms with Crippen molar-refractivity contribution in [3.8, 4) is 6.07 Å². The average molecular weight is 214 g/mol. The molecular formula is C12H14N4. The van der Waals surface area contributed by atoms with E-state index in [4.69, 9.17) is 5.26 Å². The van der Waals surface area contributed by atoms with Gasteiger partial charge < -0.3 is 5.32 Å². The number of nitrogens with zero attached hydrogens (tertiary/aromatic N) is 3. The van der Waals surface area contributed by atoms with Crippen molar-refractivity contribution in [1.82, 2.24) is 9.97 Å². The summed E-state index contributed by atoms with van der Waals surface area (Å²) in [6.45, 7) is 0. The van der Waals surface area contributed by atoms with E-state index >= 15 is 0 Å². The van der Waals surface area contributed by atoms with Crippen molar-refractivity contribution in [2.24, 2.45) is 11.8 Å². The molecule has 0 bridgehead atoms. The number of hydrogen-bond acceptors (Lipinski definition) is 4. The summed E-state index contributed by atoms with van der Waals surface area (Å²) >= 11 is 0. The lowest BCUT2D eigenvalue weighted by molar-refractivity contribution is 0.565. The first-order valence-electron chi connectivity index (χ1n) is 5.86. The molecule has 3 rings (SSSR count). The Bertz CT molecular complexity index is 417. The van der Waals surface area contributed by atoms with Crippen molar-refractivity contribution in [1.29, 1.82) is 5.26 Å². The molecule has 82 valence electrons. The van der Waals surface area contributed by atoms with E-state index in [-0.39, 0.29) is 0 Å². The number of nitrogens with one attached hydrogen (secondary N) is 1. The standard InChI is InChI=1S/C12H14N4/c13-7-10-12(15-6-5-14-10)16-11(8-1-2-8)9-3-4-9/h5-6,8-9,11H,1-4H2,(H,15,16). The Labute approximate surface area is 94.7 Å². The molecule has 0 unspecified atom stereocenters. The Balaban J connectivity index is 1.79. The van der Waals surface area contributed by atoms with Gasteiger partial charge in [0.25, 0.3) is 0 Å². The molecule has 2 fully saturated rings. The molecule has 4 heteroatoms. The minimum absolute atomic E-state index is 0.411. The summed E-state index contributed by atoms with van der Waals surface area (Å²) in [5.74, 6) is 2.25. The highest BCUT2D eigenvalue weighted by Gasteiger charge is 2.41. The summed E-state index contributed by atoms with van der Waals surface area (Å²) in [5, 5.41) is 12.4. The number of hydrogen-bond donors (Lipinski definition) is 1. The van der Waals surface area contributed by atoms with E-state index in [1.807, 2.05) is 0 Å². The zero-order valence-corrected chi connectivity index (χ0v) is 9.06. The largest absolute Gasteiger partial charge is 0.364 e. The maximum atomic E-state index is 8.95. The van der Waals surface area contributed by atoms with Gasteiger partial charge in [-0.2, -0.15) is 5.26 Å². The monoisotopic (exact) mass is 214 g/mol. The summed E-state index contributed by atoms with van der Waals surface area (Å²) < 4.78 is 0. The maximum Gasteiger partial charge on any atom is 0.182 e. The van der Waals surface area contributed by atoms with Gasteiger partial charge in [-0.15, -0.1) is 0 Å². The number of aromatic nitrogens is 2. The molecule has 0 spiro atoms. The average Bonchev–Trinajstić information content (AvgIpc) is 3.18. The molecule has 1 aromatic heterocycles. The smallest absolute Gasteiger partial charge is 0.182 e. The zero-order chi connectivity index (χ0) is 11.0. The summed E-state index contributed by atoms with van der Waals surface area (Å²) in [6.07, 6.45) is 8.46. The molecule has 0 aliphatic heterocycles. The Morgan fingerprint density at radius 2 is 1.81 bits per heavy atom. The maximum absolute atomic E-state index is 8.95. The number of anilines is 1. The molecule has 0 amide bonds. The molecule has 0 aromatic carbocycles. The van der Waals surface area contributed by atoms with Gasteiger partial charge in [0.1, 0.15) is 6.07 Å². The fraction of sp³-hybridized carbons (Fsp3) is 0.583. The second-order valence-corrected chi connectivity index (χ2v) is 4.71. The topological polar surface area (TPSA) is 61.6 Å². The third-order valence-corrected chi connectivity index (χ3v) is 3.37. The summed E-state index contributed by atoms with van der Waals surface area (Å²) in [5.41, 5.74) is 0.411. The minimum atomic E-state index is 0.411. The van der Waals surface area contributed by atoms with Crippen molar-refractivity contribution in [2.45, 2.75) is 31.7 Å². The Morgan fingerprint density at radius 1 is 1.19 bits per heavy atom. The highest BCUT2D eigenvalue weighted by molar-refractivity contribution is 5.48. The SMILES string of the molecule is N#Cc1nccnc1NC(C1CC1)C1CC1. The molecule has 1 aromatic rings. The molecule has 0 saturated heterocycles. The van der Waals surface area contributed by atoms with E-state index in [2.05, 4.69) is 21.4 Å². The number of rotatable bonds is 4. The van der Waals surface area contributed by atoms with Crippen LogP contribution in [0.15, 0.2) is 12.4 Å². The highest BCUT2D eigenvalue weighted by Crippen LogP contribution is 2.45. The van der Waals surface area contributed by atoms with Crippen molar-refractivity contribution in [2.75, 3.05) is 5.32 Å². The van der Waals surface area contributed by atoms with Gasteiger partial charge in [0.2, 0.25) is 0 Å². The fourth-order valence-electron chi connectivity index (χ4n) is 2.21. The van der Waals surface area contributed by atoms with E-state index in [0.29, 0.717) is 17.6 Å². The second-order valence-electron chi connectivity index (χ2n) is 4.71. The van der Waals surface area contributed by atoms with Crippen LogP contribution in [0.3, 0.4) is 0 Å². The quantitative estimate of drug-likeness (QED) is 0.832. The summed E-state index contributed by atoms with van der Waals surface area (Å²) in [4.78, 5) is 8.24. The van der Waals surface area contributed by atoms with Crippen molar-refractivity contribution in [3.05, 3.63) is 18.1 Å². The second kappa shape index (κ2) is 3.75. The van der Waals surface area contributed by atoms with E-state index in [9.17, 15) is 0 Å². The van der Waals surface area contributed by atoms with Crippen LogP contribution in [0.25, 0.3) is 0 Å². The summed E-state index contributed by atoms with van der Waals surface area (Å²) in [6, 6.07) is 2.60. The molecular weight excluding hydrogens is 200 g/mol. The van der Waals surface area contributed by atoms with E-state index < -0.39 is 0 Å². The lowest BCUT2D eigenvalue weighted by atomic mass is 10.1. The lowest BCUT2D eigenvalue weighted by Crippen LogP contribution is -2.25. The van der Waals surface area contributed by atoms with Crippen LogP contribution >= 0.6 is 0 Å². The Kier molecular flexibility index (Phi) is 2.24. The molecule has 0 atom stereocenters. The van der Waals surface area contributed by atoms with E-state index in [1.165, 1.54) is 25.7 Å². The fourth-order valence-corrected chi connectivity index (χ4v) is 2.21. The third-order valence-electron chi connectivity index (χ3n) is 3.37. The first kappa shape index (κ1) is 9.59. The molecule has 4 nitrogen and oxygen atoms in total. The van der Waals surface area contributed by atoms with Gasteiger partial charge in [-0.1, -0.05) is 0 Å². The molecule has 16 heavy (non-hydrogen) atoms. The Hall–Kier alpha value is -1.63. The van der Waals surface area contributed by atoms with Crippen LogP contribution in [0.4, 0.5) is 5.82 Å². The van der Waals surface area contributed by atoms with Crippen molar-refractivity contribution >= 4 is 5.82 Å². The third kappa shape index (κ3) is 1.85. The predicted octanol–water partition coefficient (Wildman–Crippen LogP) is 1.95. The van der Waals surface area contributed by atoms with Crippen LogP contribution in [0.1, 0.15) is 31.4 Å². The zero-order valence-electron chi connectivity index (χ0n) is 9.06. The van der Waals surface area contributed by atoms with Gasteiger partial charge in [-0.05, 0) is 37.5 Å². The van der Waals surface area contributed by atoms with Gasteiger partial charge in [0.15, 0.2) is 11.5 Å². The van der Waals surface area contributed by atoms with Gasteiger partial charge in [-0.25, -0.2) is 9.97 Å². The normalized spacial score (nSPS) is 19.5. The van der Waals surface area contributed by atoms with E-state index in [1.54, 1.807) is 12.4 Å². The summed E-state index contributed by atoms with van der Waals surface area (Å²) in [7, 11) is 0. The first-order valence-corrected chi connectivity index (χ1v) is 5.86. The van der Waals surface area contributed by atoms with Gasteiger partial charge in [-0.3, -0.25) is 0 Å². The first-order chi connectivity index (χ1) is 7.88. The molecule has 2 aliphatic carbocycles. The Morgan fingerprint density at radius 3 is 2.38 bits per heavy atom. The molecule has 2 saturated carbocycles. The molecule has 2 aliphatic rings. The molecule has 0 radical (unpaired) electrons. The molecule has 1 heterocycles. The highest BCUT2D eigenvalue weighted by atomic mass is 15.1. The van der Waals surface area contributed by atoms with Crippen LogP contribution in [-0.4, -0.2) is 16.0 Å². The van der Waals surface area contributed by atoms with Crippen LogP contribution < -0.4 is 5.32 Å². The van der Waals surface area contributed by atoms with Gasteiger partial charge >= 0.3 is 0 Å². The van der Waals surface area contributed by atoms with Crippen molar-refractivity contribution in [3.63, 3.8) is 0 Å². The predicted molar refractivity (Wildman–Crippen MR) is 59.6 cm³/mol. The van der Waals surface area contributed by atoms with Crippen LogP contribution in [0.5, 0.6) is 0 Å². The number of nitriles is 1. The van der Waals surface area contributed by atoms with E-state index in [0.717, 1.165) is 11.8 Å². The van der Waals surface area contributed by atoms with Gasteiger partial charge in [0, 0.05) is 18.4 Å². The van der Waals surface area contributed by atoms with Gasteiger partial charge in [0.05, 0.1) is 0 Å². The minimum Gasteiger partial charge on any atom is -0.364 e. The van der Waals surface area contributed by atoms with Crippen molar-refractivity contribution < 1.29 is 0 Å². The van der Waals surface area contributed by atoms with Crippen LogP contribution in [-0.2, 0) is 0 Å². The van der Waals surface area contributed by atoms with Crippen LogP contribution in [0, 0.1) is 23.2 Å².